The molecule has 0 aliphatic carbocycles. The maximum atomic E-state index is 13.4. The highest BCUT2D eigenvalue weighted by Crippen LogP contribution is 2.28. The molecule has 0 aliphatic rings. The lowest BCUT2D eigenvalue weighted by Gasteiger charge is -2.08. The van der Waals surface area contributed by atoms with Crippen molar-refractivity contribution < 1.29 is 18.8 Å². The van der Waals surface area contributed by atoms with E-state index in [0.29, 0.717) is 32.8 Å². The first-order valence-electron chi connectivity index (χ1n) is 6.00. The van der Waals surface area contributed by atoms with Crippen LogP contribution in [0.4, 0.5) is 15.8 Å². The van der Waals surface area contributed by atoms with Crippen molar-refractivity contribution in [3.8, 4) is 0 Å². The summed E-state index contributed by atoms with van der Waals surface area (Å²) in [6.45, 7) is 2.01. The monoisotopic (exact) mass is 398 g/mol. The van der Waals surface area contributed by atoms with E-state index in [-0.39, 0.29) is 14.9 Å². The quantitative estimate of drug-likeness (QED) is 0.300. The fourth-order valence-electron chi connectivity index (χ4n) is 1.47. The molecule has 0 heterocycles. The van der Waals surface area contributed by atoms with Gasteiger partial charge in [0.1, 0.15) is 11.5 Å². The Morgan fingerprint density at radius 3 is 2.80 bits per heavy atom. The smallest absolute Gasteiger partial charge is 0.293 e. The number of ether oxygens (including phenoxy) is 2. The molecule has 1 aromatic carbocycles. The van der Waals surface area contributed by atoms with E-state index in [1.807, 2.05) is 0 Å². The molecule has 0 radical (unpaired) electrons. The molecule has 0 saturated heterocycles. The fourth-order valence-corrected chi connectivity index (χ4v) is 1.92. The predicted octanol–water partition coefficient (Wildman–Crippen LogP) is 2.80. The number of methoxy groups -OCH3 is 1. The Kier molecular flexibility index (Phi) is 7.70. The van der Waals surface area contributed by atoms with Gasteiger partial charge in [0.2, 0.25) is 0 Å². The second kappa shape index (κ2) is 9.03. The summed E-state index contributed by atoms with van der Waals surface area (Å²) in [4.78, 5) is 10.4. The molecule has 8 heteroatoms. The molecule has 0 aromatic heterocycles. The predicted molar refractivity (Wildman–Crippen MR) is 81.6 cm³/mol. The van der Waals surface area contributed by atoms with Crippen LogP contribution in [0.1, 0.15) is 6.42 Å². The average Bonchev–Trinajstić information content (AvgIpc) is 2.41. The van der Waals surface area contributed by atoms with E-state index in [1.165, 1.54) is 6.07 Å². The van der Waals surface area contributed by atoms with Gasteiger partial charge in [-0.2, -0.15) is 0 Å². The van der Waals surface area contributed by atoms with Gasteiger partial charge in [-0.15, -0.1) is 0 Å². The number of anilines is 1. The van der Waals surface area contributed by atoms with Gasteiger partial charge in [0, 0.05) is 32.4 Å². The summed E-state index contributed by atoms with van der Waals surface area (Å²) in [7, 11) is 1.59. The number of halogens is 2. The van der Waals surface area contributed by atoms with E-state index in [9.17, 15) is 14.5 Å². The van der Waals surface area contributed by atoms with Gasteiger partial charge >= 0.3 is 0 Å². The molecular formula is C12H16FIN2O4. The zero-order valence-electron chi connectivity index (χ0n) is 11.0. The van der Waals surface area contributed by atoms with E-state index in [1.54, 1.807) is 29.7 Å². The molecule has 0 aliphatic heterocycles. The first-order chi connectivity index (χ1) is 9.56. The number of benzene rings is 1. The molecule has 112 valence electrons. The summed E-state index contributed by atoms with van der Waals surface area (Å²) in [6.07, 6.45) is 0.661. The summed E-state index contributed by atoms with van der Waals surface area (Å²) in [5.41, 5.74) is 0.0564. The molecule has 1 rings (SSSR count). The van der Waals surface area contributed by atoms with Crippen LogP contribution in [0.3, 0.4) is 0 Å². The third-order valence-electron chi connectivity index (χ3n) is 2.45. The van der Waals surface area contributed by atoms with Crippen LogP contribution in [0.2, 0.25) is 0 Å². The summed E-state index contributed by atoms with van der Waals surface area (Å²) < 4.78 is 23.7. The van der Waals surface area contributed by atoms with Gasteiger partial charge in [-0.25, -0.2) is 4.39 Å². The molecule has 0 amide bonds. The molecule has 1 aromatic rings. The Bertz CT molecular complexity index is 459. The maximum Gasteiger partial charge on any atom is 0.293 e. The van der Waals surface area contributed by atoms with Crippen molar-refractivity contribution in [3.63, 3.8) is 0 Å². The minimum atomic E-state index is -0.529. The van der Waals surface area contributed by atoms with Crippen LogP contribution < -0.4 is 5.32 Å². The minimum absolute atomic E-state index is 0.129. The number of nitrogens with one attached hydrogen (secondary N) is 1. The summed E-state index contributed by atoms with van der Waals surface area (Å²) >= 11 is 1.72. The topological polar surface area (TPSA) is 73.6 Å². The minimum Gasteiger partial charge on any atom is -0.382 e. The molecule has 0 unspecified atom stereocenters. The Hall–Kier alpha value is -1.00. The normalized spacial score (nSPS) is 10.6. The van der Waals surface area contributed by atoms with Crippen molar-refractivity contribution in [1.29, 1.82) is 0 Å². The zero-order chi connectivity index (χ0) is 15.0. The standard InChI is InChI=1S/C12H16FIN2O4/c1-19-5-6-20-4-2-3-15-11-7-9(13)10(14)8-12(11)16(17)18/h7-8,15H,2-6H2,1H3. The summed E-state index contributed by atoms with van der Waals surface area (Å²) in [5, 5.41) is 13.8. The number of hydrogen-bond acceptors (Lipinski definition) is 5. The first kappa shape index (κ1) is 17.1. The van der Waals surface area contributed by atoms with Crippen LogP contribution in [0.5, 0.6) is 0 Å². The third kappa shape index (κ3) is 5.55. The van der Waals surface area contributed by atoms with Crippen molar-refractivity contribution >= 4 is 34.0 Å². The number of rotatable bonds is 9. The highest BCUT2D eigenvalue weighted by molar-refractivity contribution is 14.1. The van der Waals surface area contributed by atoms with Crippen LogP contribution in [0.25, 0.3) is 0 Å². The SMILES string of the molecule is COCCOCCCNc1cc(F)c(I)cc1[N+](=O)[O-]. The van der Waals surface area contributed by atoms with Crippen molar-refractivity contribution in [3.05, 3.63) is 31.6 Å². The van der Waals surface area contributed by atoms with Gasteiger partial charge in [-0.05, 0) is 29.0 Å². The number of hydrogen-bond donors (Lipinski definition) is 1. The van der Waals surface area contributed by atoms with Crippen molar-refractivity contribution in [1.82, 2.24) is 0 Å². The Morgan fingerprint density at radius 2 is 2.15 bits per heavy atom. The summed E-state index contributed by atoms with van der Waals surface area (Å²) in [6, 6.07) is 2.36. The first-order valence-corrected chi connectivity index (χ1v) is 7.08. The molecule has 0 fully saturated rings. The maximum absolute atomic E-state index is 13.4. The van der Waals surface area contributed by atoms with Crippen LogP contribution in [0.15, 0.2) is 12.1 Å². The van der Waals surface area contributed by atoms with Crippen molar-refractivity contribution in [2.24, 2.45) is 0 Å². The molecule has 20 heavy (non-hydrogen) atoms. The lowest BCUT2D eigenvalue weighted by molar-refractivity contribution is -0.384. The van der Waals surface area contributed by atoms with E-state index in [2.05, 4.69) is 5.32 Å². The second-order valence-electron chi connectivity index (χ2n) is 3.93. The van der Waals surface area contributed by atoms with E-state index in [4.69, 9.17) is 9.47 Å². The Labute approximate surface area is 129 Å². The van der Waals surface area contributed by atoms with Gasteiger partial charge in [0.05, 0.1) is 21.7 Å². The van der Waals surface area contributed by atoms with E-state index >= 15 is 0 Å². The number of nitro groups is 1. The van der Waals surface area contributed by atoms with Crippen LogP contribution in [-0.2, 0) is 9.47 Å². The van der Waals surface area contributed by atoms with Gasteiger partial charge < -0.3 is 14.8 Å². The molecule has 0 atom stereocenters. The van der Waals surface area contributed by atoms with Gasteiger partial charge in [0.15, 0.2) is 0 Å². The van der Waals surface area contributed by atoms with Crippen molar-refractivity contribution in [2.45, 2.75) is 6.42 Å². The molecule has 6 nitrogen and oxygen atoms in total. The van der Waals surface area contributed by atoms with Crippen LogP contribution in [0, 0.1) is 19.5 Å². The average molecular weight is 398 g/mol. The van der Waals surface area contributed by atoms with Gasteiger partial charge in [-0.3, -0.25) is 10.1 Å². The fraction of sp³-hybridized carbons (Fsp3) is 0.500. The van der Waals surface area contributed by atoms with Gasteiger partial charge in [0.25, 0.3) is 5.69 Å². The van der Waals surface area contributed by atoms with Gasteiger partial charge in [-0.1, -0.05) is 0 Å². The Morgan fingerprint density at radius 1 is 1.40 bits per heavy atom. The highest BCUT2D eigenvalue weighted by Gasteiger charge is 2.16. The van der Waals surface area contributed by atoms with E-state index in [0.717, 1.165) is 6.07 Å². The lowest BCUT2D eigenvalue weighted by atomic mass is 10.2. The molecule has 0 spiro atoms. The highest BCUT2D eigenvalue weighted by atomic mass is 127. The lowest BCUT2D eigenvalue weighted by Crippen LogP contribution is -2.09. The molecular weight excluding hydrogens is 382 g/mol. The Balaban J connectivity index is 2.47. The second-order valence-corrected chi connectivity index (χ2v) is 5.09. The van der Waals surface area contributed by atoms with E-state index < -0.39 is 10.7 Å². The number of nitro benzene ring substituents is 1. The molecule has 1 N–H and O–H groups in total. The summed E-state index contributed by atoms with van der Waals surface area (Å²) in [5.74, 6) is -0.477. The number of nitrogens with zero attached hydrogens (tertiary/aromatic N) is 1. The molecule has 0 bridgehead atoms. The van der Waals surface area contributed by atoms with Crippen LogP contribution in [-0.4, -0.2) is 38.4 Å². The van der Waals surface area contributed by atoms with Crippen molar-refractivity contribution in [2.75, 3.05) is 38.8 Å². The molecule has 0 saturated carbocycles. The third-order valence-corrected chi connectivity index (χ3v) is 3.27. The largest absolute Gasteiger partial charge is 0.382 e. The zero-order valence-corrected chi connectivity index (χ0v) is 13.2. The van der Waals surface area contributed by atoms with Crippen LogP contribution >= 0.6 is 22.6 Å².